The van der Waals surface area contributed by atoms with Crippen molar-refractivity contribution in [2.24, 2.45) is 41.2 Å². The zero-order chi connectivity index (χ0) is 66.8. The highest BCUT2D eigenvalue weighted by molar-refractivity contribution is 6.24. The lowest BCUT2D eigenvalue weighted by Gasteiger charge is -2.30. The number of nitrogens with two attached hydrogens (primary N) is 2. The van der Waals surface area contributed by atoms with Crippen LogP contribution in [-0.2, 0) is 71.6 Å². The van der Waals surface area contributed by atoms with E-state index in [2.05, 4.69) is 26.1 Å². The summed E-state index contributed by atoms with van der Waals surface area (Å²) in [4.78, 5) is 112. The first-order chi connectivity index (χ1) is 42.8. The molecule has 0 saturated heterocycles. The topological polar surface area (TPSA) is 351 Å². The van der Waals surface area contributed by atoms with Crippen molar-refractivity contribution in [3.8, 4) is 0 Å². The first-order valence-electron chi connectivity index (χ1n) is 30.6. The van der Waals surface area contributed by atoms with Gasteiger partial charge in [-0.25, -0.2) is 9.59 Å². The molecule has 0 saturated carbocycles. The Morgan fingerprint density at radius 3 is 1.41 bits per heavy atom. The molecule has 0 fully saturated rings. The van der Waals surface area contributed by atoms with Gasteiger partial charge in [-0.3, -0.25) is 28.8 Å². The maximum atomic E-state index is 14.2. The van der Waals surface area contributed by atoms with E-state index in [1.807, 2.05) is 13.8 Å². The lowest BCUT2D eigenvalue weighted by molar-refractivity contribution is -0.151. The second-order valence-electron chi connectivity index (χ2n) is 23.4. The number of Topliss-reactive ketones (excluding diaryl/α,β-unsaturated/α-hetero) is 2. The highest BCUT2D eigenvalue weighted by atomic mass is 16.7. The van der Waals surface area contributed by atoms with Crippen molar-refractivity contribution in [1.29, 1.82) is 0 Å². The molecule has 12 atom stereocenters. The third-order valence-corrected chi connectivity index (χ3v) is 16.1. The number of aliphatic hydroxyl groups excluding tert-OH is 2. The molecule has 2 aliphatic heterocycles. The van der Waals surface area contributed by atoms with Crippen LogP contribution >= 0.6 is 0 Å². The minimum absolute atomic E-state index is 0.111. The number of methoxy groups -OCH3 is 4. The monoisotopic (exact) mass is 1260 g/mol. The zero-order valence-corrected chi connectivity index (χ0v) is 54.2. The average molecular weight is 1260 g/mol. The summed E-state index contributed by atoms with van der Waals surface area (Å²) in [5.74, 6) is -1.37. The fraction of sp³-hybridized carbons (Fsp3) is 0.576. The first-order valence-corrected chi connectivity index (χ1v) is 30.6. The maximum absolute atomic E-state index is 14.2. The number of rotatable bonds is 21. The molecule has 10 N–H and O–H groups in total. The quantitative estimate of drug-likeness (QED) is 0.0328. The third-order valence-electron chi connectivity index (χ3n) is 16.1. The Bertz CT molecular complexity index is 2880. The summed E-state index contributed by atoms with van der Waals surface area (Å²) < 4.78 is 40.0. The molecule has 12 unspecified atom stereocenters. The number of carbonyl (C=O) groups is 8. The smallest absolute Gasteiger partial charge is 0.405 e. The molecule has 0 aromatic carbocycles. The van der Waals surface area contributed by atoms with Crippen LogP contribution in [0.5, 0.6) is 0 Å². The van der Waals surface area contributed by atoms with E-state index in [1.165, 1.54) is 66.6 Å². The number of ether oxygens (including phenoxy) is 7. The van der Waals surface area contributed by atoms with Gasteiger partial charge in [0.25, 0.3) is 11.8 Å². The van der Waals surface area contributed by atoms with Crippen molar-refractivity contribution in [3.63, 3.8) is 0 Å². The lowest BCUT2D eigenvalue weighted by Crippen LogP contribution is -2.38. The Balaban J connectivity index is 1.33. The van der Waals surface area contributed by atoms with Gasteiger partial charge in [-0.15, -0.1) is 0 Å². The summed E-state index contributed by atoms with van der Waals surface area (Å²) in [6.45, 7) is 16.0. The van der Waals surface area contributed by atoms with Crippen LogP contribution in [-0.4, -0.2) is 168 Å². The van der Waals surface area contributed by atoms with Crippen LogP contribution < -0.4 is 32.9 Å². The van der Waals surface area contributed by atoms with Gasteiger partial charge in [0, 0.05) is 114 Å². The normalized spacial score (nSPS) is 30.6. The summed E-state index contributed by atoms with van der Waals surface area (Å²) in [5.41, 5.74) is 7.11. The summed E-state index contributed by atoms with van der Waals surface area (Å²) >= 11 is 0. The molecule has 2 aliphatic carbocycles. The number of carbonyl (C=O) groups excluding carboxylic acids is 8. The fourth-order valence-corrected chi connectivity index (χ4v) is 11.1. The number of aliphatic hydroxyl groups is 2. The zero-order valence-electron chi connectivity index (χ0n) is 54.2. The molecule has 0 aromatic rings. The lowest BCUT2D eigenvalue weighted by atomic mass is 9.84. The number of fused-ring (bicyclic) bond motifs is 4. The molecule has 24 heteroatoms. The van der Waals surface area contributed by atoms with Crippen LogP contribution in [0.15, 0.2) is 117 Å². The summed E-state index contributed by atoms with van der Waals surface area (Å²) in [7, 11) is 5.77. The van der Waals surface area contributed by atoms with E-state index in [1.54, 1.807) is 52.0 Å². The minimum atomic E-state index is -1.05. The van der Waals surface area contributed by atoms with E-state index in [4.69, 9.17) is 44.8 Å². The molecule has 90 heavy (non-hydrogen) atoms. The number of primary amides is 1. The SMILES string of the molecule is COC1/C=C\C=C(/C)C(=O)NC2=CC(=O)C(NCCCOCCCCOCCCNC3=C4CC(C)CC(OC)C(O)C(C)/C=C(\C)C(C(=O)ON)C(OC)/C=C\C=C(/C)C(=O)NC(=CC3=O)C4=O)=C(CC(C)CC(OC)C(O)C(C)/C=C(\C)C1OC(N)=O)C2=O. The standard InChI is InChI=1S/C66H96N6O18/c1-37-29-45-56(49(73)35-47(60(45)77)71-63(79)39(3)19-15-21-51(83-9)55(65(81)90-68)41(5)33-42(6)58(75)53(31-37)85-11)69-23-17-27-87-25-13-14-26-88-28-18-24-70-57-46-30-38(2)32-54(86-12)59(76)43(7)34-44(8)62(89-66(67)82)52(84-10)22-16-20-40(4)64(80)72-48(61(46)78)36-50(57)74/h15-16,19-22,33-38,42-43,51-55,58-59,62,69-70,75-76H,13-14,17-18,23-32,68H2,1-12H3,(H2,67,82)(H,71,79)(H,72,80)/b21-15-,22-16-,39-19+,40-20+,41-33+,44-34+. The second kappa shape index (κ2) is 38.0. The van der Waals surface area contributed by atoms with Gasteiger partial charge < -0.3 is 75.2 Å². The predicted octanol–water partition coefficient (Wildman–Crippen LogP) is 4.88. The number of hydrogen-bond donors (Lipinski definition) is 8. The summed E-state index contributed by atoms with van der Waals surface area (Å²) in [6, 6.07) is 0. The van der Waals surface area contributed by atoms with Crippen molar-refractivity contribution in [3.05, 3.63) is 117 Å². The van der Waals surface area contributed by atoms with Crippen molar-refractivity contribution >= 4 is 47.0 Å². The Labute approximate surface area is 528 Å². The van der Waals surface area contributed by atoms with Crippen LogP contribution in [0, 0.1) is 29.6 Å². The van der Waals surface area contributed by atoms with Gasteiger partial charge in [-0.05, 0) is 96.5 Å². The molecule has 4 aliphatic rings. The van der Waals surface area contributed by atoms with Gasteiger partial charge in [-0.1, -0.05) is 81.9 Å². The molecule has 4 rings (SSSR count). The highest BCUT2D eigenvalue weighted by Gasteiger charge is 2.37. The van der Waals surface area contributed by atoms with Gasteiger partial charge in [0.2, 0.25) is 23.1 Å². The molecule has 4 bridgehead atoms. The van der Waals surface area contributed by atoms with Crippen LogP contribution in [0.1, 0.15) is 107 Å². The van der Waals surface area contributed by atoms with E-state index < -0.39 is 107 Å². The molecule has 0 spiro atoms. The Kier molecular flexibility index (Phi) is 31.9. The molecule has 0 aromatic heterocycles. The van der Waals surface area contributed by atoms with Crippen molar-refractivity contribution in [2.45, 2.75) is 149 Å². The first kappa shape index (κ1) is 75.5. The second-order valence-corrected chi connectivity index (χ2v) is 23.4. The van der Waals surface area contributed by atoms with E-state index >= 15 is 0 Å². The number of allylic oxidation sites excluding steroid dienone is 8. The molecule has 24 nitrogen and oxygen atoms in total. The van der Waals surface area contributed by atoms with Crippen LogP contribution in [0.3, 0.4) is 0 Å². The Morgan fingerprint density at radius 2 is 1.01 bits per heavy atom. The van der Waals surface area contributed by atoms with Crippen molar-refractivity contribution < 1.29 is 86.6 Å². The van der Waals surface area contributed by atoms with E-state index in [0.717, 1.165) is 12.2 Å². The third kappa shape index (κ3) is 22.4. The maximum Gasteiger partial charge on any atom is 0.405 e. The van der Waals surface area contributed by atoms with Gasteiger partial charge in [0.05, 0.1) is 53.3 Å². The molecular weight excluding hydrogens is 1160 g/mol. The predicted molar refractivity (Wildman–Crippen MR) is 335 cm³/mol. The fourth-order valence-electron chi connectivity index (χ4n) is 11.1. The Morgan fingerprint density at radius 1 is 0.600 bits per heavy atom. The van der Waals surface area contributed by atoms with Crippen LogP contribution in [0.2, 0.25) is 0 Å². The summed E-state index contributed by atoms with van der Waals surface area (Å²) in [5, 5.41) is 34.6. The van der Waals surface area contributed by atoms with Gasteiger partial charge in [-0.2, -0.15) is 5.90 Å². The molecule has 3 amide bonds. The van der Waals surface area contributed by atoms with Crippen LogP contribution in [0.25, 0.3) is 0 Å². The van der Waals surface area contributed by atoms with Crippen molar-refractivity contribution in [1.82, 2.24) is 21.3 Å². The largest absolute Gasteiger partial charge is 0.439 e. The number of nitrogens with one attached hydrogen (secondary N) is 4. The van der Waals surface area contributed by atoms with Gasteiger partial charge >= 0.3 is 12.1 Å². The van der Waals surface area contributed by atoms with Gasteiger partial charge in [0.15, 0.2) is 6.10 Å². The highest BCUT2D eigenvalue weighted by Crippen LogP contribution is 2.32. The van der Waals surface area contributed by atoms with Crippen LogP contribution in [0.4, 0.5) is 4.79 Å². The number of ketones is 4. The van der Waals surface area contributed by atoms with E-state index in [0.29, 0.717) is 76.3 Å². The average Bonchev–Trinajstić information content (AvgIpc) is 1.37. The van der Waals surface area contributed by atoms with E-state index in [-0.39, 0.29) is 82.6 Å². The number of amides is 3. The minimum Gasteiger partial charge on any atom is -0.439 e. The van der Waals surface area contributed by atoms with Crippen molar-refractivity contribution in [2.75, 3.05) is 68.0 Å². The number of unbranched alkanes of at least 4 members (excludes halogenated alkanes) is 1. The molecule has 2 heterocycles. The molecule has 0 radical (unpaired) electrons. The number of hydrogen-bond acceptors (Lipinski definition) is 21. The van der Waals surface area contributed by atoms with Gasteiger partial charge in [0.1, 0.15) is 12.0 Å². The Hall–Kier alpha value is -7.00. The molecule has 498 valence electrons. The van der Waals surface area contributed by atoms with E-state index in [9.17, 15) is 48.6 Å². The molecular formula is C66H96N6O18. The summed E-state index contributed by atoms with van der Waals surface area (Å²) in [6.07, 6.45) is 10.8.